The molecule has 0 spiro atoms. The summed E-state index contributed by atoms with van der Waals surface area (Å²) in [6, 6.07) is 0. The Balaban J connectivity index is 4.98. The summed E-state index contributed by atoms with van der Waals surface area (Å²) in [4.78, 5) is 0. The lowest BCUT2D eigenvalue weighted by Crippen LogP contribution is -1.85. The Kier molecular flexibility index (Phi) is 5.81. The highest BCUT2D eigenvalue weighted by molar-refractivity contribution is 5.44. The van der Waals surface area contributed by atoms with Crippen molar-refractivity contribution in [2.24, 2.45) is 0 Å². The summed E-state index contributed by atoms with van der Waals surface area (Å²) >= 11 is 0. The highest BCUT2D eigenvalue weighted by Gasteiger charge is 1.97. The van der Waals surface area contributed by atoms with E-state index in [9.17, 15) is 0 Å². The third-order valence-electron chi connectivity index (χ3n) is 2.79. The highest BCUT2D eigenvalue weighted by atomic mass is 14.0. The lowest BCUT2D eigenvalue weighted by Gasteiger charge is -2.05. The quantitative estimate of drug-likeness (QED) is 0.554. The van der Waals surface area contributed by atoms with Gasteiger partial charge in [0.05, 0.1) is 0 Å². The third-order valence-corrected chi connectivity index (χ3v) is 2.79. The van der Waals surface area contributed by atoms with E-state index in [1.807, 2.05) is 6.92 Å². The van der Waals surface area contributed by atoms with Crippen LogP contribution in [0.2, 0.25) is 0 Å². The highest BCUT2D eigenvalue weighted by Crippen LogP contribution is 2.17. The molecule has 0 heterocycles. The van der Waals surface area contributed by atoms with Crippen molar-refractivity contribution in [3.05, 3.63) is 58.7 Å². The van der Waals surface area contributed by atoms with Crippen LogP contribution in [0.3, 0.4) is 0 Å². The second-order valence-electron chi connectivity index (χ2n) is 4.64. The predicted molar refractivity (Wildman–Crippen MR) is 75.5 cm³/mol. The minimum atomic E-state index is 1.06. The standard InChI is InChI=1S/C16H24/c1-11(2)13(5)9-15(7)16(8)10-14(6)12(3)4/h9-10H,1,7H2,2-6,8H3/b13-9-,16-10+. The Morgan fingerprint density at radius 2 is 1.25 bits per heavy atom. The largest absolute Gasteiger partial charge is 0.0958 e. The van der Waals surface area contributed by atoms with E-state index in [0.29, 0.717) is 0 Å². The first kappa shape index (κ1) is 14.7. The molecule has 0 radical (unpaired) electrons. The molecule has 0 atom stereocenters. The zero-order valence-corrected chi connectivity index (χ0v) is 11.6. The van der Waals surface area contributed by atoms with Crippen molar-refractivity contribution in [2.75, 3.05) is 0 Å². The summed E-state index contributed by atoms with van der Waals surface area (Å²) in [6.07, 6.45) is 4.27. The van der Waals surface area contributed by atoms with Gasteiger partial charge in [0.15, 0.2) is 0 Å². The Morgan fingerprint density at radius 1 is 0.750 bits per heavy atom. The Morgan fingerprint density at radius 3 is 1.62 bits per heavy atom. The summed E-state index contributed by atoms with van der Waals surface area (Å²) in [5.41, 5.74) is 7.19. The molecule has 0 aromatic rings. The van der Waals surface area contributed by atoms with Crippen LogP contribution in [0.5, 0.6) is 0 Å². The van der Waals surface area contributed by atoms with Gasteiger partial charge in [-0.3, -0.25) is 0 Å². The number of hydrogen-bond donors (Lipinski definition) is 0. The van der Waals surface area contributed by atoms with Gasteiger partial charge in [-0.05, 0) is 58.3 Å². The van der Waals surface area contributed by atoms with Gasteiger partial charge in [-0.2, -0.15) is 0 Å². The van der Waals surface area contributed by atoms with Gasteiger partial charge in [-0.1, -0.05) is 42.0 Å². The molecule has 0 amide bonds. The molecular formula is C16H24. The van der Waals surface area contributed by atoms with E-state index in [1.54, 1.807) is 0 Å². The summed E-state index contributed by atoms with van der Waals surface area (Å²) in [6.45, 7) is 20.5. The lowest BCUT2D eigenvalue weighted by atomic mass is 10.0. The summed E-state index contributed by atoms with van der Waals surface area (Å²) < 4.78 is 0. The summed E-state index contributed by atoms with van der Waals surface area (Å²) in [7, 11) is 0. The Bertz CT molecular complexity index is 380. The van der Waals surface area contributed by atoms with Crippen molar-refractivity contribution in [1.82, 2.24) is 0 Å². The van der Waals surface area contributed by atoms with Gasteiger partial charge < -0.3 is 0 Å². The van der Waals surface area contributed by atoms with Crippen molar-refractivity contribution in [2.45, 2.75) is 41.5 Å². The maximum absolute atomic E-state index is 4.08. The maximum Gasteiger partial charge on any atom is -0.0297 e. The van der Waals surface area contributed by atoms with Crippen molar-refractivity contribution >= 4 is 0 Å². The van der Waals surface area contributed by atoms with Crippen LogP contribution in [-0.4, -0.2) is 0 Å². The van der Waals surface area contributed by atoms with E-state index >= 15 is 0 Å². The molecule has 0 nitrogen and oxygen atoms in total. The van der Waals surface area contributed by atoms with Gasteiger partial charge in [-0.15, -0.1) is 0 Å². The topological polar surface area (TPSA) is 0 Å². The number of rotatable bonds is 4. The van der Waals surface area contributed by atoms with Crippen molar-refractivity contribution in [3.63, 3.8) is 0 Å². The summed E-state index contributed by atoms with van der Waals surface area (Å²) in [5, 5.41) is 0. The third kappa shape index (κ3) is 4.97. The average Bonchev–Trinajstić information content (AvgIpc) is 2.16. The number of allylic oxidation sites excluding steroid dienone is 8. The van der Waals surface area contributed by atoms with E-state index in [2.05, 4.69) is 59.9 Å². The van der Waals surface area contributed by atoms with Crippen molar-refractivity contribution < 1.29 is 0 Å². The minimum Gasteiger partial charge on any atom is -0.0958 e. The molecule has 0 N–H and O–H groups in total. The number of hydrogen-bond acceptors (Lipinski definition) is 0. The predicted octanol–water partition coefficient (Wildman–Crippen LogP) is 5.37. The zero-order valence-electron chi connectivity index (χ0n) is 11.6. The zero-order chi connectivity index (χ0) is 12.9. The first-order chi connectivity index (χ1) is 7.25. The molecule has 0 aromatic carbocycles. The van der Waals surface area contributed by atoms with Crippen LogP contribution >= 0.6 is 0 Å². The van der Waals surface area contributed by atoms with Crippen LogP contribution in [0.25, 0.3) is 0 Å². The second kappa shape index (κ2) is 6.32. The molecule has 0 unspecified atom stereocenters. The van der Waals surface area contributed by atoms with Gasteiger partial charge in [0.25, 0.3) is 0 Å². The van der Waals surface area contributed by atoms with Crippen LogP contribution in [0.1, 0.15) is 41.5 Å². The normalized spacial score (nSPS) is 12.4. The van der Waals surface area contributed by atoms with E-state index < -0.39 is 0 Å². The Hall–Kier alpha value is -1.30. The molecular weight excluding hydrogens is 192 g/mol. The fraction of sp³-hybridized carbons (Fsp3) is 0.375. The molecule has 0 aliphatic rings. The van der Waals surface area contributed by atoms with E-state index in [1.165, 1.54) is 22.3 Å². The first-order valence-corrected chi connectivity index (χ1v) is 5.61. The van der Waals surface area contributed by atoms with Crippen molar-refractivity contribution in [1.29, 1.82) is 0 Å². The molecule has 16 heavy (non-hydrogen) atoms. The van der Waals surface area contributed by atoms with Gasteiger partial charge in [0, 0.05) is 0 Å². The SMILES string of the molecule is C=C(C)/C(C)=C\C(=C)/C(C)=C/C(C)=C(C)C. The molecule has 0 rings (SSSR count). The smallest absolute Gasteiger partial charge is 0.0297 e. The fourth-order valence-electron chi connectivity index (χ4n) is 1.06. The molecule has 0 saturated carbocycles. The van der Waals surface area contributed by atoms with Crippen LogP contribution in [0.4, 0.5) is 0 Å². The van der Waals surface area contributed by atoms with E-state index in [4.69, 9.17) is 0 Å². The minimum absolute atomic E-state index is 1.06. The molecule has 0 heteroatoms. The molecule has 0 aliphatic carbocycles. The molecule has 0 bridgehead atoms. The van der Waals surface area contributed by atoms with Crippen LogP contribution < -0.4 is 0 Å². The maximum atomic E-state index is 4.08. The van der Waals surface area contributed by atoms with E-state index in [0.717, 1.165) is 11.1 Å². The van der Waals surface area contributed by atoms with Crippen LogP contribution in [0.15, 0.2) is 58.7 Å². The average molecular weight is 216 g/mol. The second-order valence-corrected chi connectivity index (χ2v) is 4.64. The van der Waals surface area contributed by atoms with Gasteiger partial charge in [-0.25, -0.2) is 0 Å². The van der Waals surface area contributed by atoms with Gasteiger partial charge >= 0.3 is 0 Å². The van der Waals surface area contributed by atoms with Gasteiger partial charge in [0.1, 0.15) is 0 Å². The monoisotopic (exact) mass is 216 g/mol. The van der Waals surface area contributed by atoms with Crippen LogP contribution in [-0.2, 0) is 0 Å². The van der Waals surface area contributed by atoms with Crippen molar-refractivity contribution in [3.8, 4) is 0 Å². The van der Waals surface area contributed by atoms with Crippen LogP contribution in [0, 0.1) is 0 Å². The molecule has 0 fully saturated rings. The van der Waals surface area contributed by atoms with E-state index in [-0.39, 0.29) is 0 Å². The molecule has 88 valence electrons. The first-order valence-electron chi connectivity index (χ1n) is 5.61. The fourth-order valence-corrected chi connectivity index (χ4v) is 1.06. The lowest BCUT2D eigenvalue weighted by molar-refractivity contribution is 1.26. The summed E-state index contributed by atoms with van der Waals surface area (Å²) in [5.74, 6) is 0. The Labute approximate surface area is 101 Å². The molecule has 0 aromatic heterocycles. The molecule has 0 saturated heterocycles. The molecule has 0 aliphatic heterocycles. The van der Waals surface area contributed by atoms with Gasteiger partial charge in [0.2, 0.25) is 0 Å².